The molecule has 2 saturated heterocycles. The monoisotopic (exact) mass is 539 g/mol. The van der Waals surface area contributed by atoms with Gasteiger partial charge in [0, 0.05) is 55.9 Å². The molecule has 0 saturated carbocycles. The first-order valence-electron chi connectivity index (χ1n) is 11.6. The van der Waals surface area contributed by atoms with E-state index in [1.54, 1.807) is 4.90 Å². The average Bonchev–Trinajstić information content (AvgIpc) is 3.23. The standard InChI is InChI=1S/C24H24F3N3O6S/c1-11-3-4-24(36-18(35-2)10-37-24)17-9-29(11)23(34)19-21(32)20(31)14(8-30(17)19)22(33)28-7-13-15(26)5-12(25)6-16(13)27/h5-6,8,11,17-18,32H,3-4,7,9-10H2,1-2H3,(H,28,33)/t11-,17+,18+,24+/m0/s1. The number of benzene rings is 1. The number of hydrogen-bond acceptors (Lipinski definition) is 7. The number of carbonyl (C=O) groups excluding carboxylic acids is 2. The van der Waals surface area contributed by atoms with Crippen LogP contribution >= 0.6 is 11.8 Å². The van der Waals surface area contributed by atoms with Crippen LogP contribution in [0.4, 0.5) is 13.2 Å². The molecule has 0 unspecified atom stereocenters. The SMILES string of the molecule is CO[C@H]1CS[C@@]2(CC[C@H](C)N3C[C@H]2n2cc(C(=O)NCc4c(F)cc(F)cc4F)c(=O)c(O)c2C3=O)O1. The molecule has 13 heteroatoms. The third-order valence-electron chi connectivity index (χ3n) is 7.16. The van der Waals surface area contributed by atoms with Gasteiger partial charge in [-0.2, -0.15) is 0 Å². The first kappa shape index (κ1) is 25.6. The molecule has 0 aliphatic carbocycles. The molecule has 3 aliphatic heterocycles. The number of aromatic nitrogens is 1. The second kappa shape index (κ2) is 9.37. The lowest BCUT2D eigenvalue weighted by atomic mass is 10.0. The number of fused-ring (bicyclic) bond motifs is 5. The molecule has 0 radical (unpaired) electrons. The molecule has 1 spiro atoms. The molecule has 2 bridgehead atoms. The number of methoxy groups -OCH3 is 1. The molecule has 9 nitrogen and oxygen atoms in total. The van der Waals surface area contributed by atoms with Crippen LogP contribution in [0, 0.1) is 17.5 Å². The van der Waals surface area contributed by atoms with Gasteiger partial charge >= 0.3 is 0 Å². The Balaban J connectivity index is 1.55. The zero-order chi connectivity index (χ0) is 26.6. The van der Waals surface area contributed by atoms with Gasteiger partial charge in [-0.3, -0.25) is 14.4 Å². The number of rotatable bonds is 4. The Labute approximate surface area is 213 Å². The minimum atomic E-state index is -1.20. The van der Waals surface area contributed by atoms with E-state index in [0.717, 1.165) is 0 Å². The second-order valence-electron chi connectivity index (χ2n) is 9.27. The molecular formula is C24H24F3N3O6S. The summed E-state index contributed by atoms with van der Waals surface area (Å²) in [5.41, 5.74) is -2.48. The van der Waals surface area contributed by atoms with Crippen molar-refractivity contribution < 1.29 is 37.3 Å². The van der Waals surface area contributed by atoms with E-state index < -0.39 is 75.4 Å². The van der Waals surface area contributed by atoms with Gasteiger partial charge in [-0.15, -0.1) is 11.8 Å². The summed E-state index contributed by atoms with van der Waals surface area (Å²) in [5.74, 6) is -5.47. The first-order valence-corrected chi connectivity index (χ1v) is 12.6. The van der Waals surface area contributed by atoms with Crippen LogP contribution in [-0.4, -0.2) is 63.1 Å². The second-order valence-corrected chi connectivity index (χ2v) is 10.6. The van der Waals surface area contributed by atoms with Crippen LogP contribution in [0.15, 0.2) is 23.1 Å². The van der Waals surface area contributed by atoms with Gasteiger partial charge in [-0.05, 0) is 19.8 Å². The molecule has 2 amide bonds. The maximum absolute atomic E-state index is 14.0. The smallest absolute Gasteiger partial charge is 0.274 e. The van der Waals surface area contributed by atoms with E-state index in [-0.39, 0.29) is 18.3 Å². The lowest BCUT2D eigenvalue weighted by molar-refractivity contribution is -0.155. The van der Waals surface area contributed by atoms with Crippen molar-refractivity contribution >= 4 is 23.6 Å². The van der Waals surface area contributed by atoms with Gasteiger partial charge in [0.1, 0.15) is 27.9 Å². The predicted molar refractivity (Wildman–Crippen MR) is 126 cm³/mol. The summed E-state index contributed by atoms with van der Waals surface area (Å²) in [4.78, 5) is 39.9. The molecule has 198 valence electrons. The first-order chi connectivity index (χ1) is 17.6. The highest BCUT2D eigenvalue weighted by Crippen LogP contribution is 2.52. The molecule has 3 aliphatic rings. The lowest BCUT2D eigenvalue weighted by Crippen LogP contribution is -2.51. The Morgan fingerprint density at radius 1 is 1.30 bits per heavy atom. The molecule has 1 aromatic heterocycles. The van der Waals surface area contributed by atoms with Crippen molar-refractivity contribution in [1.29, 1.82) is 0 Å². The quantitative estimate of drug-likeness (QED) is 0.615. The van der Waals surface area contributed by atoms with Gasteiger partial charge in [0.15, 0.2) is 17.7 Å². The Kier molecular flexibility index (Phi) is 6.49. The Bertz CT molecular complexity index is 1330. The van der Waals surface area contributed by atoms with Crippen molar-refractivity contribution in [2.75, 3.05) is 19.4 Å². The van der Waals surface area contributed by atoms with E-state index in [9.17, 15) is 32.7 Å². The highest BCUT2D eigenvalue weighted by atomic mass is 32.2. The van der Waals surface area contributed by atoms with Gasteiger partial charge < -0.3 is 29.4 Å². The summed E-state index contributed by atoms with van der Waals surface area (Å²) in [6.07, 6.45) is 1.83. The Morgan fingerprint density at radius 3 is 2.65 bits per heavy atom. The number of carbonyl (C=O) groups is 2. The van der Waals surface area contributed by atoms with E-state index in [1.165, 1.54) is 29.6 Å². The van der Waals surface area contributed by atoms with Gasteiger partial charge in [-0.1, -0.05) is 0 Å². The van der Waals surface area contributed by atoms with Crippen LogP contribution in [0.1, 0.15) is 52.2 Å². The van der Waals surface area contributed by atoms with Gasteiger partial charge in [0.25, 0.3) is 11.8 Å². The third-order valence-corrected chi connectivity index (χ3v) is 8.66. The number of pyridine rings is 1. The van der Waals surface area contributed by atoms with Crippen LogP contribution in [0.25, 0.3) is 0 Å². The summed E-state index contributed by atoms with van der Waals surface area (Å²) in [7, 11) is 1.52. The predicted octanol–water partition coefficient (Wildman–Crippen LogP) is 2.51. The maximum atomic E-state index is 14.0. The molecule has 2 fully saturated rings. The number of nitrogens with zero attached hydrogens (tertiary/aromatic N) is 2. The number of hydrogen-bond donors (Lipinski definition) is 2. The third kappa shape index (κ3) is 4.18. The Morgan fingerprint density at radius 2 is 2.00 bits per heavy atom. The fraction of sp³-hybridized carbons (Fsp3) is 0.458. The molecule has 4 heterocycles. The zero-order valence-corrected chi connectivity index (χ0v) is 20.7. The summed E-state index contributed by atoms with van der Waals surface area (Å²) in [6.45, 7) is 1.42. The highest BCUT2D eigenvalue weighted by Gasteiger charge is 2.54. The summed E-state index contributed by atoms with van der Waals surface area (Å²) in [5, 5.41) is 13.1. The largest absolute Gasteiger partial charge is 0.503 e. The minimum absolute atomic E-state index is 0.188. The summed E-state index contributed by atoms with van der Waals surface area (Å²) in [6, 6.07) is 0.188. The molecule has 2 aromatic rings. The molecule has 37 heavy (non-hydrogen) atoms. The van der Waals surface area contributed by atoms with Crippen molar-refractivity contribution in [3.63, 3.8) is 0 Å². The van der Waals surface area contributed by atoms with Crippen LogP contribution in [0.5, 0.6) is 5.75 Å². The van der Waals surface area contributed by atoms with Crippen LogP contribution in [0.3, 0.4) is 0 Å². The van der Waals surface area contributed by atoms with Gasteiger partial charge in [-0.25, -0.2) is 13.2 Å². The fourth-order valence-corrected chi connectivity index (χ4v) is 6.56. The summed E-state index contributed by atoms with van der Waals surface area (Å²) < 4.78 is 54.3. The Hall–Kier alpha value is -3.03. The van der Waals surface area contributed by atoms with Crippen molar-refractivity contribution in [2.45, 2.75) is 49.6 Å². The van der Waals surface area contributed by atoms with Crippen molar-refractivity contribution in [1.82, 2.24) is 14.8 Å². The zero-order valence-electron chi connectivity index (χ0n) is 19.9. The topological polar surface area (TPSA) is 110 Å². The average molecular weight is 540 g/mol. The molecule has 2 N–H and O–H groups in total. The molecular weight excluding hydrogens is 515 g/mol. The fourth-order valence-electron chi connectivity index (χ4n) is 5.12. The lowest BCUT2D eigenvalue weighted by Gasteiger charge is -2.42. The van der Waals surface area contributed by atoms with Crippen LogP contribution in [-0.2, 0) is 16.0 Å². The van der Waals surface area contributed by atoms with Crippen molar-refractivity contribution in [2.24, 2.45) is 0 Å². The van der Waals surface area contributed by atoms with E-state index in [4.69, 9.17) is 9.47 Å². The van der Waals surface area contributed by atoms with Crippen LogP contribution in [0.2, 0.25) is 0 Å². The molecule has 1 aromatic carbocycles. The molecule has 5 rings (SSSR count). The number of thioether (sulfide) groups is 1. The summed E-state index contributed by atoms with van der Waals surface area (Å²) >= 11 is 1.50. The van der Waals surface area contributed by atoms with Gasteiger partial charge in [0.2, 0.25) is 5.43 Å². The van der Waals surface area contributed by atoms with E-state index >= 15 is 0 Å². The number of aromatic hydroxyl groups is 1. The van der Waals surface area contributed by atoms with E-state index in [0.29, 0.717) is 30.7 Å². The maximum Gasteiger partial charge on any atom is 0.274 e. The van der Waals surface area contributed by atoms with E-state index in [1.807, 2.05) is 6.92 Å². The van der Waals surface area contributed by atoms with Crippen molar-refractivity contribution in [3.05, 3.63) is 62.8 Å². The highest BCUT2D eigenvalue weighted by molar-refractivity contribution is 8.00. The van der Waals surface area contributed by atoms with E-state index in [2.05, 4.69) is 5.32 Å². The van der Waals surface area contributed by atoms with Crippen LogP contribution < -0.4 is 10.7 Å². The minimum Gasteiger partial charge on any atom is -0.503 e. The number of nitrogens with one attached hydrogen (secondary N) is 1. The number of ether oxygens (including phenoxy) is 2. The number of halogens is 3. The number of amides is 2. The van der Waals surface area contributed by atoms with Gasteiger partial charge in [0.05, 0.1) is 6.04 Å². The molecule has 4 atom stereocenters. The van der Waals surface area contributed by atoms with Crippen molar-refractivity contribution in [3.8, 4) is 5.75 Å². The normalized spacial score (nSPS) is 26.8.